The van der Waals surface area contributed by atoms with Gasteiger partial charge >= 0.3 is 12.2 Å². The zero-order chi connectivity index (χ0) is 21.0. The van der Waals surface area contributed by atoms with Crippen LogP contribution in [0.15, 0.2) is 25.0 Å². The van der Waals surface area contributed by atoms with Crippen LogP contribution < -0.4 is 10.6 Å². The Morgan fingerprint density at radius 3 is 1.96 bits per heavy atom. The lowest BCUT2D eigenvalue weighted by molar-refractivity contribution is -0.0194. The summed E-state index contributed by atoms with van der Waals surface area (Å²) in [5.74, 6) is 0.258. The molecule has 9 heteroatoms. The molecule has 2 N–H and O–H groups in total. The summed E-state index contributed by atoms with van der Waals surface area (Å²) >= 11 is 0. The van der Waals surface area contributed by atoms with Crippen molar-refractivity contribution >= 4 is 12.2 Å². The van der Waals surface area contributed by atoms with Gasteiger partial charge in [-0.15, -0.1) is 0 Å². The van der Waals surface area contributed by atoms with Crippen LogP contribution in [0.5, 0.6) is 0 Å². The van der Waals surface area contributed by atoms with Crippen LogP contribution in [0.2, 0.25) is 0 Å². The second kappa shape index (κ2) is 12.0. The van der Waals surface area contributed by atoms with Crippen molar-refractivity contribution in [2.24, 2.45) is 11.3 Å². The number of cyclic esters (lactones) is 2. The van der Waals surface area contributed by atoms with Gasteiger partial charge in [0.05, 0.1) is 0 Å². The molecule has 1 unspecified atom stereocenters. The van der Waals surface area contributed by atoms with E-state index in [2.05, 4.69) is 44.6 Å². The molecule has 1 rings (SSSR count). The van der Waals surface area contributed by atoms with E-state index < -0.39 is 12.2 Å². The number of hydrogen-bond donors (Lipinski definition) is 2. The van der Waals surface area contributed by atoms with Crippen LogP contribution in [-0.4, -0.2) is 51.7 Å². The van der Waals surface area contributed by atoms with E-state index in [4.69, 9.17) is 23.7 Å². The minimum absolute atomic E-state index is 0.0417. The number of nitrogens with one attached hydrogen (secondary N) is 2. The molecule has 1 heterocycles. The highest BCUT2D eigenvalue weighted by molar-refractivity contribution is 5.67. The van der Waals surface area contributed by atoms with Gasteiger partial charge in [-0.1, -0.05) is 20.8 Å². The number of hydrogen-bond acceptors (Lipinski definition) is 7. The monoisotopic (exact) mass is 400 g/mol. The topological polar surface area (TPSA) is 104 Å². The number of carbonyl (C=O) groups is 2. The first-order chi connectivity index (χ1) is 13.2. The van der Waals surface area contributed by atoms with Gasteiger partial charge in [0.25, 0.3) is 11.9 Å². The average molecular weight is 400 g/mol. The Balaban J connectivity index is 2.56. The molecule has 1 atom stereocenters. The lowest BCUT2D eigenvalue weighted by Gasteiger charge is -2.28. The summed E-state index contributed by atoms with van der Waals surface area (Å²) < 4.78 is 25.5. The van der Waals surface area contributed by atoms with Crippen LogP contribution in [0, 0.1) is 11.3 Å². The molecule has 1 saturated heterocycles. The Bertz CT molecular complexity index is 548. The molecule has 28 heavy (non-hydrogen) atoms. The molecule has 0 radical (unpaired) electrons. The molecule has 0 saturated carbocycles. The van der Waals surface area contributed by atoms with Gasteiger partial charge in [0.1, 0.15) is 26.4 Å². The molecular formula is C19H32N2O7. The first-order valence-electron chi connectivity index (χ1n) is 9.30. The fourth-order valence-corrected chi connectivity index (χ4v) is 2.72. The maximum Gasteiger partial charge on any atom is 0.407 e. The zero-order valence-corrected chi connectivity index (χ0v) is 17.0. The number of ether oxygens (including phenoxy) is 5. The van der Waals surface area contributed by atoms with Gasteiger partial charge in [-0.05, 0) is 37.3 Å². The first-order valence-corrected chi connectivity index (χ1v) is 9.30. The van der Waals surface area contributed by atoms with Crippen molar-refractivity contribution < 1.29 is 33.3 Å². The van der Waals surface area contributed by atoms with E-state index in [1.54, 1.807) is 0 Å². The molecule has 9 nitrogen and oxygen atoms in total. The van der Waals surface area contributed by atoms with Gasteiger partial charge in [-0.3, -0.25) is 0 Å². The average Bonchev–Trinajstić information content (AvgIpc) is 2.59. The Morgan fingerprint density at radius 2 is 1.39 bits per heavy atom. The molecule has 1 aliphatic rings. The van der Waals surface area contributed by atoms with Gasteiger partial charge in [0.2, 0.25) is 0 Å². The van der Waals surface area contributed by atoms with Crippen molar-refractivity contribution in [2.45, 2.75) is 33.6 Å². The van der Waals surface area contributed by atoms with Crippen LogP contribution in [0.3, 0.4) is 0 Å². The SMILES string of the molecule is C=C1OCCOC(=O)NCCC(C)CC(C)(C)CNC(=O)OCCOC(=C)O1. The second-order valence-electron chi connectivity index (χ2n) is 7.36. The minimum atomic E-state index is -0.515. The summed E-state index contributed by atoms with van der Waals surface area (Å²) in [5, 5.41) is 5.46. The molecule has 1 aliphatic heterocycles. The van der Waals surface area contributed by atoms with Crippen molar-refractivity contribution in [3.63, 3.8) is 0 Å². The molecule has 0 aliphatic carbocycles. The molecule has 0 aromatic carbocycles. The highest BCUT2D eigenvalue weighted by Gasteiger charge is 2.22. The first kappa shape index (κ1) is 23.5. The molecule has 0 aromatic heterocycles. The maximum absolute atomic E-state index is 11.8. The fourth-order valence-electron chi connectivity index (χ4n) is 2.72. The third-order valence-corrected chi connectivity index (χ3v) is 3.91. The quantitative estimate of drug-likeness (QED) is 0.644. The van der Waals surface area contributed by atoms with E-state index in [1.165, 1.54) is 0 Å². The predicted octanol–water partition coefficient (Wildman–Crippen LogP) is 2.89. The number of rotatable bonds is 0. The van der Waals surface area contributed by atoms with Gasteiger partial charge in [0.15, 0.2) is 0 Å². The molecule has 1 fully saturated rings. The van der Waals surface area contributed by atoms with E-state index in [0.29, 0.717) is 19.0 Å². The highest BCUT2D eigenvalue weighted by atomic mass is 16.7. The Labute approximate surface area is 166 Å². The Kier molecular flexibility index (Phi) is 10.0. The van der Waals surface area contributed by atoms with E-state index in [0.717, 1.165) is 12.8 Å². The van der Waals surface area contributed by atoms with Crippen molar-refractivity contribution in [1.29, 1.82) is 0 Å². The standard InChI is InChI=1S/C19H32N2O7/c1-14-6-7-20-17(22)26-10-8-24-15(2)28-16(3)25-9-11-27-18(23)21-13-19(4,5)12-14/h14H,2-3,6-13H2,1,4-5H3,(H,20,22)(H,21,23). The number of amides is 2. The van der Waals surface area contributed by atoms with Crippen LogP contribution in [-0.2, 0) is 23.7 Å². The molecule has 0 aromatic rings. The molecule has 160 valence electrons. The lowest BCUT2D eigenvalue weighted by Crippen LogP contribution is -2.36. The number of carbonyl (C=O) groups excluding carboxylic acids is 2. The molecule has 0 bridgehead atoms. The largest absolute Gasteiger partial charge is 0.462 e. The third kappa shape index (κ3) is 11.2. The zero-order valence-electron chi connectivity index (χ0n) is 17.0. The van der Waals surface area contributed by atoms with E-state index in [9.17, 15) is 9.59 Å². The van der Waals surface area contributed by atoms with Crippen molar-refractivity contribution in [2.75, 3.05) is 39.5 Å². The minimum Gasteiger partial charge on any atom is -0.462 e. The predicted molar refractivity (Wildman–Crippen MR) is 102 cm³/mol. The summed E-state index contributed by atoms with van der Waals surface area (Å²) in [4.78, 5) is 23.5. The smallest absolute Gasteiger partial charge is 0.407 e. The normalized spacial score (nSPS) is 23.9. The van der Waals surface area contributed by atoms with Gasteiger partial charge in [-0.2, -0.15) is 0 Å². The highest BCUT2D eigenvalue weighted by Crippen LogP contribution is 2.26. The summed E-state index contributed by atoms with van der Waals surface area (Å²) in [7, 11) is 0. The van der Waals surface area contributed by atoms with Gasteiger partial charge < -0.3 is 34.3 Å². The lowest BCUT2D eigenvalue weighted by atomic mass is 9.82. The van der Waals surface area contributed by atoms with Crippen molar-refractivity contribution in [3.05, 3.63) is 25.0 Å². The Hall–Kier alpha value is -2.58. The van der Waals surface area contributed by atoms with Crippen molar-refractivity contribution in [3.8, 4) is 0 Å². The maximum atomic E-state index is 11.8. The van der Waals surface area contributed by atoms with Crippen LogP contribution >= 0.6 is 0 Å². The van der Waals surface area contributed by atoms with Crippen LogP contribution in [0.25, 0.3) is 0 Å². The molecular weight excluding hydrogens is 368 g/mol. The molecule has 2 amide bonds. The van der Waals surface area contributed by atoms with Crippen molar-refractivity contribution in [1.82, 2.24) is 10.6 Å². The fraction of sp³-hybridized carbons (Fsp3) is 0.684. The number of alkyl carbamates (subject to hydrolysis) is 2. The Morgan fingerprint density at radius 1 is 0.893 bits per heavy atom. The summed E-state index contributed by atoms with van der Waals surface area (Å²) in [6.07, 6.45) is 0.646. The summed E-state index contributed by atoms with van der Waals surface area (Å²) in [6.45, 7) is 14.5. The van der Waals surface area contributed by atoms with Gasteiger partial charge in [0, 0.05) is 13.1 Å². The van der Waals surface area contributed by atoms with Crippen LogP contribution in [0.4, 0.5) is 9.59 Å². The second-order valence-corrected chi connectivity index (χ2v) is 7.36. The summed E-state index contributed by atoms with van der Waals surface area (Å²) in [6, 6.07) is 0. The third-order valence-electron chi connectivity index (χ3n) is 3.91. The van der Waals surface area contributed by atoms with Crippen LogP contribution in [0.1, 0.15) is 33.6 Å². The summed E-state index contributed by atoms with van der Waals surface area (Å²) in [5.41, 5.74) is -0.117. The molecule has 0 spiro atoms. The van der Waals surface area contributed by atoms with E-state index in [-0.39, 0.29) is 43.7 Å². The van der Waals surface area contributed by atoms with E-state index in [1.807, 2.05) is 0 Å². The van der Waals surface area contributed by atoms with E-state index >= 15 is 0 Å². The van der Waals surface area contributed by atoms with Gasteiger partial charge in [-0.25, -0.2) is 9.59 Å².